The molecule has 0 unspecified atom stereocenters. The highest BCUT2D eigenvalue weighted by Crippen LogP contribution is 2.12. The Balaban J connectivity index is 1.88. The first-order valence-corrected chi connectivity index (χ1v) is 9.21. The van der Waals surface area contributed by atoms with Crippen molar-refractivity contribution in [2.45, 2.75) is 13.3 Å². The molecule has 0 bridgehead atoms. The fourth-order valence-electron chi connectivity index (χ4n) is 3.00. The van der Waals surface area contributed by atoms with Gasteiger partial charge in [0.15, 0.2) is 0 Å². The molecule has 0 aliphatic carbocycles. The van der Waals surface area contributed by atoms with Gasteiger partial charge < -0.3 is 0 Å². The van der Waals surface area contributed by atoms with Gasteiger partial charge in [-0.1, -0.05) is 53.8 Å². The lowest BCUT2D eigenvalue weighted by Crippen LogP contribution is -2.27. The lowest BCUT2D eigenvalue weighted by Gasteiger charge is -2.06. The molecule has 0 N–H and O–H groups in total. The van der Waals surface area contributed by atoms with Gasteiger partial charge in [0.1, 0.15) is 5.82 Å². The molecule has 0 saturated heterocycles. The summed E-state index contributed by atoms with van der Waals surface area (Å²) in [5.74, 6) is -0.334. The van der Waals surface area contributed by atoms with Crippen LogP contribution in [-0.4, -0.2) is 9.38 Å². The minimum absolute atomic E-state index is 0.223. The van der Waals surface area contributed by atoms with E-state index in [1.807, 2.05) is 30.3 Å². The normalized spacial score (nSPS) is 12.0. The predicted octanol–water partition coefficient (Wildman–Crippen LogP) is 2.70. The third-order valence-electron chi connectivity index (χ3n) is 4.43. The van der Waals surface area contributed by atoms with Crippen molar-refractivity contribution < 1.29 is 4.39 Å². The lowest BCUT2D eigenvalue weighted by molar-refractivity contribution is 0.628. The van der Waals surface area contributed by atoms with E-state index in [2.05, 4.69) is 4.98 Å². The Labute approximate surface area is 157 Å². The van der Waals surface area contributed by atoms with E-state index in [9.17, 15) is 14.0 Å². The average Bonchev–Trinajstić information content (AvgIpc) is 2.97. The van der Waals surface area contributed by atoms with E-state index in [4.69, 9.17) is 0 Å². The fourth-order valence-corrected chi connectivity index (χ4v) is 4.01. The quantitative estimate of drug-likeness (QED) is 0.551. The third-order valence-corrected chi connectivity index (χ3v) is 5.39. The van der Waals surface area contributed by atoms with E-state index in [0.717, 1.165) is 16.9 Å². The number of hydrogen-bond acceptors (Lipinski definition) is 4. The van der Waals surface area contributed by atoms with Gasteiger partial charge in [0.25, 0.3) is 11.1 Å². The Morgan fingerprint density at radius 2 is 1.78 bits per heavy atom. The molecule has 0 fully saturated rings. The number of halogens is 1. The van der Waals surface area contributed by atoms with Gasteiger partial charge in [-0.15, -0.1) is 0 Å². The maximum absolute atomic E-state index is 13.1. The Morgan fingerprint density at radius 1 is 1.07 bits per heavy atom. The molecule has 0 saturated carbocycles. The van der Waals surface area contributed by atoms with E-state index in [-0.39, 0.29) is 16.9 Å². The van der Waals surface area contributed by atoms with Gasteiger partial charge in [-0.25, -0.2) is 4.39 Å². The zero-order chi connectivity index (χ0) is 19.0. The molecule has 4 nitrogen and oxygen atoms in total. The van der Waals surface area contributed by atoms with Crippen molar-refractivity contribution in [3.63, 3.8) is 0 Å². The van der Waals surface area contributed by atoms with Crippen molar-refractivity contribution in [3.05, 3.63) is 108 Å². The number of benzene rings is 2. The highest BCUT2D eigenvalue weighted by atomic mass is 32.1. The molecule has 2 heterocycles. The first kappa shape index (κ1) is 17.3. The van der Waals surface area contributed by atoms with E-state index >= 15 is 0 Å². The molecular formula is C21H15FN2O2S. The van der Waals surface area contributed by atoms with Crippen molar-refractivity contribution in [2.24, 2.45) is 0 Å². The third kappa shape index (κ3) is 3.31. The summed E-state index contributed by atoms with van der Waals surface area (Å²) in [7, 11) is 0. The molecule has 6 heteroatoms. The summed E-state index contributed by atoms with van der Waals surface area (Å²) in [6, 6.07) is 15.5. The van der Waals surface area contributed by atoms with Gasteiger partial charge in [-0.2, -0.15) is 4.98 Å². The number of hydrogen-bond donors (Lipinski definition) is 0. The second kappa shape index (κ2) is 6.89. The van der Waals surface area contributed by atoms with Crippen molar-refractivity contribution in [1.29, 1.82) is 0 Å². The molecular weight excluding hydrogens is 363 g/mol. The number of rotatable bonds is 3. The van der Waals surface area contributed by atoms with Crippen molar-refractivity contribution >= 4 is 22.4 Å². The first-order chi connectivity index (χ1) is 13.0. The van der Waals surface area contributed by atoms with Crippen LogP contribution in [0.15, 0.2) is 64.2 Å². The van der Waals surface area contributed by atoms with E-state index < -0.39 is 0 Å². The fraction of sp³-hybridized carbons (Fsp3) is 0.0952. The lowest BCUT2D eigenvalue weighted by atomic mass is 10.1. The number of fused-ring (bicyclic) bond motifs is 1. The largest absolute Gasteiger partial charge is 0.277 e. The van der Waals surface area contributed by atoms with Crippen LogP contribution in [0, 0.1) is 12.7 Å². The average molecular weight is 378 g/mol. The summed E-state index contributed by atoms with van der Waals surface area (Å²) < 4.78 is 15.0. The Kier molecular flexibility index (Phi) is 4.41. The van der Waals surface area contributed by atoms with Crippen LogP contribution in [0.4, 0.5) is 4.39 Å². The van der Waals surface area contributed by atoms with Crippen LogP contribution in [0.3, 0.4) is 0 Å². The first-order valence-electron chi connectivity index (χ1n) is 8.39. The topological polar surface area (TPSA) is 51.4 Å². The number of thiazole rings is 1. The molecule has 4 rings (SSSR count). The molecule has 27 heavy (non-hydrogen) atoms. The standard InChI is InChI=1S/C21H15FN2O2S/c1-13-17(11-14-5-3-2-4-6-14)19(25)23-21-24(13)20(26)18(27-21)12-15-7-9-16(22)10-8-15/h2-10,12H,11H2,1H3. The van der Waals surface area contributed by atoms with E-state index in [0.29, 0.717) is 32.7 Å². The van der Waals surface area contributed by atoms with E-state index in [1.54, 1.807) is 25.1 Å². The molecule has 0 radical (unpaired) electrons. The van der Waals surface area contributed by atoms with Crippen LogP contribution in [0.1, 0.15) is 22.4 Å². The van der Waals surface area contributed by atoms with Crippen molar-refractivity contribution in [3.8, 4) is 0 Å². The van der Waals surface area contributed by atoms with Crippen molar-refractivity contribution in [1.82, 2.24) is 9.38 Å². The van der Waals surface area contributed by atoms with Crippen LogP contribution < -0.4 is 15.7 Å². The zero-order valence-electron chi connectivity index (χ0n) is 14.5. The molecule has 134 valence electrons. The highest BCUT2D eigenvalue weighted by molar-refractivity contribution is 7.15. The predicted molar refractivity (Wildman–Crippen MR) is 105 cm³/mol. The molecule has 2 aromatic carbocycles. The number of aromatic nitrogens is 2. The van der Waals surface area contributed by atoms with Gasteiger partial charge in [0.05, 0.1) is 4.53 Å². The summed E-state index contributed by atoms with van der Waals surface area (Å²) in [5.41, 5.74) is 2.28. The van der Waals surface area contributed by atoms with Crippen molar-refractivity contribution in [2.75, 3.05) is 0 Å². The summed E-state index contributed by atoms with van der Waals surface area (Å²) >= 11 is 1.16. The molecule has 0 atom stereocenters. The molecule has 0 aliphatic heterocycles. The molecule has 0 spiro atoms. The number of aryl methyl sites for hydroxylation is 1. The molecule has 4 aromatic rings. The van der Waals surface area contributed by atoms with Gasteiger partial charge >= 0.3 is 0 Å². The minimum Gasteiger partial charge on any atom is -0.267 e. The highest BCUT2D eigenvalue weighted by Gasteiger charge is 2.14. The maximum Gasteiger partial charge on any atom is 0.277 e. The second-order valence-corrected chi connectivity index (χ2v) is 7.24. The summed E-state index contributed by atoms with van der Waals surface area (Å²) in [5, 5.41) is 0. The van der Waals surface area contributed by atoms with Crippen LogP contribution in [0.25, 0.3) is 11.0 Å². The smallest absolute Gasteiger partial charge is 0.267 e. The van der Waals surface area contributed by atoms with Gasteiger partial charge in [-0.3, -0.25) is 14.0 Å². The second-order valence-electron chi connectivity index (χ2n) is 6.23. The summed E-state index contributed by atoms with van der Waals surface area (Å²) in [4.78, 5) is 29.8. The summed E-state index contributed by atoms with van der Waals surface area (Å²) in [6.07, 6.45) is 2.11. The molecule has 0 aliphatic rings. The minimum atomic E-state index is -0.334. The Bertz CT molecular complexity index is 1290. The van der Waals surface area contributed by atoms with Crippen LogP contribution in [0.5, 0.6) is 0 Å². The number of nitrogens with zero attached hydrogens (tertiary/aromatic N) is 2. The summed E-state index contributed by atoms with van der Waals surface area (Å²) in [6.45, 7) is 1.77. The Morgan fingerprint density at radius 3 is 2.48 bits per heavy atom. The zero-order valence-corrected chi connectivity index (χ0v) is 15.3. The SMILES string of the molecule is Cc1c(Cc2ccccc2)c(=O)nc2sc(=Cc3ccc(F)cc3)c(=O)n12. The van der Waals surface area contributed by atoms with E-state index in [1.165, 1.54) is 16.5 Å². The molecule has 0 amide bonds. The van der Waals surface area contributed by atoms with Crippen LogP contribution >= 0.6 is 11.3 Å². The monoisotopic (exact) mass is 378 g/mol. The maximum atomic E-state index is 13.1. The Hall–Kier alpha value is -3.12. The van der Waals surface area contributed by atoms with Gasteiger partial charge in [0.2, 0.25) is 4.96 Å². The van der Waals surface area contributed by atoms with Crippen LogP contribution in [0.2, 0.25) is 0 Å². The van der Waals surface area contributed by atoms with Gasteiger partial charge in [-0.05, 0) is 36.3 Å². The van der Waals surface area contributed by atoms with Gasteiger partial charge in [0, 0.05) is 17.7 Å². The van der Waals surface area contributed by atoms with Crippen LogP contribution in [-0.2, 0) is 6.42 Å². The molecule has 2 aromatic heterocycles.